The van der Waals surface area contributed by atoms with Crippen LogP contribution in [0.1, 0.15) is 19.5 Å². The van der Waals surface area contributed by atoms with Gasteiger partial charge < -0.3 is 14.8 Å². The normalized spacial score (nSPS) is 10.4. The average Bonchev–Trinajstić information content (AvgIpc) is 2.66. The van der Waals surface area contributed by atoms with E-state index in [-0.39, 0.29) is 5.91 Å². The quantitative estimate of drug-likeness (QED) is 0.760. The van der Waals surface area contributed by atoms with E-state index in [0.29, 0.717) is 13.1 Å². The van der Waals surface area contributed by atoms with E-state index in [0.717, 1.165) is 18.8 Å². The van der Waals surface area contributed by atoms with Crippen LogP contribution in [-0.4, -0.2) is 40.0 Å². The first kappa shape index (κ1) is 12.7. The molecule has 1 N–H and O–H groups in total. The van der Waals surface area contributed by atoms with Crippen molar-refractivity contribution in [3.8, 4) is 0 Å². The van der Waals surface area contributed by atoms with Crippen molar-refractivity contribution in [1.29, 1.82) is 0 Å². The molecule has 1 aromatic rings. The fraction of sp³-hybridized carbons (Fsp3) is 0.636. The molecule has 0 aliphatic heterocycles. The number of amides is 1. The number of nitrogens with zero attached hydrogens (tertiary/aromatic N) is 3. The lowest BCUT2D eigenvalue weighted by molar-refractivity contribution is -0.129. The maximum Gasteiger partial charge on any atom is 0.236 e. The molecule has 1 heterocycles. The third-order valence-corrected chi connectivity index (χ3v) is 2.61. The first-order valence-corrected chi connectivity index (χ1v) is 5.62. The number of imidazole rings is 1. The summed E-state index contributed by atoms with van der Waals surface area (Å²) < 4.78 is 1.94. The Kier molecular flexibility index (Phi) is 4.98. The number of aromatic nitrogens is 2. The Labute approximate surface area is 96.5 Å². The summed E-state index contributed by atoms with van der Waals surface area (Å²) in [6.07, 6.45) is 3.55. The molecule has 0 aliphatic carbocycles. The number of hydrogen-bond acceptors (Lipinski definition) is 3. The first-order valence-electron chi connectivity index (χ1n) is 5.62. The van der Waals surface area contributed by atoms with Crippen molar-refractivity contribution < 1.29 is 4.79 Å². The van der Waals surface area contributed by atoms with E-state index in [1.165, 1.54) is 0 Å². The zero-order valence-corrected chi connectivity index (χ0v) is 10.2. The Balaban J connectivity index is 2.30. The molecular formula is C11H20N4O. The molecule has 0 bridgehead atoms. The fourth-order valence-electron chi connectivity index (χ4n) is 1.54. The highest BCUT2D eigenvalue weighted by atomic mass is 16.2. The van der Waals surface area contributed by atoms with Crippen molar-refractivity contribution in [2.24, 2.45) is 7.05 Å². The van der Waals surface area contributed by atoms with Gasteiger partial charge in [0.1, 0.15) is 0 Å². The number of aryl methyl sites for hydroxylation is 1. The summed E-state index contributed by atoms with van der Waals surface area (Å²) >= 11 is 0. The Morgan fingerprint density at radius 3 is 2.69 bits per heavy atom. The SMILES string of the molecule is CCN(CC)C(=O)CNCc1cncn1C. The second kappa shape index (κ2) is 6.27. The van der Waals surface area contributed by atoms with Crippen molar-refractivity contribution in [3.05, 3.63) is 18.2 Å². The summed E-state index contributed by atoms with van der Waals surface area (Å²) in [6, 6.07) is 0. The van der Waals surface area contributed by atoms with Gasteiger partial charge in [-0.2, -0.15) is 0 Å². The second-order valence-corrected chi connectivity index (χ2v) is 3.67. The summed E-state index contributed by atoms with van der Waals surface area (Å²) in [6.45, 7) is 6.56. The van der Waals surface area contributed by atoms with Crippen molar-refractivity contribution in [2.75, 3.05) is 19.6 Å². The van der Waals surface area contributed by atoms with Gasteiger partial charge in [0, 0.05) is 32.9 Å². The number of carbonyl (C=O) groups excluding carboxylic acids is 1. The Hall–Kier alpha value is -1.36. The van der Waals surface area contributed by atoms with Crippen molar-refractivity contribution in [1.82, 2.24) is 19.8 Å². The summed E-state index contributed by atoms with van der Waals surface area (Å²) in [4.78, 5) is 17.5. The highest BCUT2D eigenvalue weighted by Gasteiger charge is 2.08. The molecule has 0 saturated carbocycles. The molecule has 90 valence electrons. The monoisotopic (exact) mass is 224 g/mol. The number of hydrogen-bond donors (Lipinski definition) is 1. The van der Waals surface area contributed by atoms with Gasteiger partial charge in [-0.25, -0.2) is 4.98 Å². The Morgan fingerprint density at radius 2 is 2.19 bits per heavy atom. The topological polar surface area (TPSA) is 50.2 Å². The molecule has 0 spiro atoms. The van der Waals surface area contributed by atoms with Crippen molar-refractivity contribution in [2.45, 2.75) is 20.4 Å². The highest BCUT2D eigenvalue weighted by molar-refractivity contribution is 5.78. The van der Waals surface area contributed by atoms with Gasteiger partial charge in [0.15, 0.2) is 0 Å². The van der Waals surface area contributed by atoms with E-state index in [1.807, 2.05) is 30.4 Å². The summed E-state index contributed by atoms with van der Waals surface area (Å²) in [7, 11) is 1.94. The molecule has 0 unspecified atom stereocenters. The van der Waals surface area contributed by atoms with Crippen LogP contribution in [0.5, 0.6) is 0 Å². The van der Waals surface area contributed by atoms with E-state index in [2.05, 4.69) is 10.3 Å². The van der Waals surface area contributed by atoms with E-state index in [4.69, 9.17) is 0 Å². The van der Waals surface area contributed by atoms with E-state index < -0.39 is 0 Å². The number of carbonyl (C=O) groups is 1. The van der Waals surface area contributed by atoms with Crippen LogP contribution in [0.15, 0.2) is 12.5 Å². The van der Waals surface area contributed by atoms with E-state index in [9.17, 15) is 4.79 Å². The van der Waals surface area contributed by atoms with E-state index >= 15 is 0 Å². The third-order valence-electron chi connectivity index (χ3n) is 2.61. The predicted octanol–water partition coefficient (Wildman–Crippen LogP) is 0.378. The second-order valence-electron chi connectivity index (χ2n) is 3.67. The lowest BCUT2D eigenvalue weighted by atomic mass is 10.4. The minimum absolute atomic E-state index is 0.146. The zero-order chi connectivity index (χ0) is 12.0. The highest BCUT2D eigenvalue weighted by Crippen LogP contribution is 1.95. The standard InChI is InChI=1S/C11H20N4O/c1-4-15(5-2)11(16)8-12-6-10-7-13-9-14(10)3/h7,9,12H,4-6,8H2,1-3H3. The van der Waals surface area contributed by atoms with Gasteiger partial charge in [-0.15, -0.1) is 0 Å². The van der Waals surface area contributed by atoms with Crippen LogP contribution in [0.4, 0.5) is 0 Å². The number of nitrogens with one attached hydrogen (secondary N) is 1. The molecular weight excluding hydrogens is 204 g/mol. The van der Waals surface area contributed by atoms with E-state index in [1.54, 1.807) is 12.5 Å². The predicted molar refractivity (Wildman–Crippen MR) is 62.8 cm³/mol. The smallest absolute Gasteiger partial charge is 0.236 e. The minimum Gasteiger partial charge on any atom is -0.342 e. The maximum absolute atomic E-state index is 11.7. The van der Waals surface area contributed by atoms with Crippen molar-refractivity contribution >= 4 is 5.91 Å². The van der Waals surface area contributed by atoms with Gasteiger partial charge >= 0.3 is 0 Å². The minimum atomic E-state index is 0.146. The van der Waals surface area contributed by atoms with Gasteiger partial charge in [-0.3, -0.25) is 4.79 Å². The molecule has 0 atom stereocenters. The Bertz CT molecular complexity index is 330. The zero-order valence-electron chi connectivity index (χ0n) is 10.2. The van der Waals surface area contributed by atoms with Crippen LogP contribution < -0.4 is 5.32 Å². The van der Waals surface area contributed by atoms with Gasteiger partial charge in [0.05, 0.1) is 18.6 Å². The van der Waals surface area contributed by atoms with Crippen LogP contribution in [0.3, 0.4) is 0 Å². The van der Waals surface area contributed by atoms with Crippen LogP contribution >= 0.6 is 0 Å². The van der Waals surface area contributed by atoms with Crippen molar-refractivity contribution in [3.63, 3.8) is 0 Å². The summed E-state index contributed by atoms with van der Waals surface area (Å²) in [5, 5.41) is 3.13. The van der Waals surface area contributed by atoms with Gasteiger partial charge in [0.25, 0.3) is 0 Å². The molecule has 5 nitrogen and oxygen atoms in total. The van der Waals surface area contributed by atoms with Crippen LogP contribution in [0.2, 0.25) is 0 Å². The van der Waals surface area contributed by atoms with Gasteiger partial charge in [-0.05, 0) is 13.8 Å². The molecule has 5 heteroatoms. The molecule has 16 heavy (non-hydrogen) atoms. The molecule has 0 radical (unpaired) electrons. The number of rotatable bonds is 6. The molecule has 1 rings (SSSR count). The van der Waals surface area contributed by atoms with Crippen LogP contribution in [0, 0.1) is 0 Å². The van der Waals surface area contributed by atoms with Crippen LogP contribution in [-0.2, 0) is 18.4 Å². The van der Waals surface area contributed by atoms with Gasteiger partial charge in [-0.1, -0.05) is 0 Å². The summed E-state index contributed by atoms with van der Waals surface area (Å²) in [5.74, 6) is 0.146. The number of likely N-dealkylation sites (N-methyl/N-ethyl adjacent to an activating group) is 1. The third kappa shape index (κ3) is 3.34. The average molecular weight is 224 g/mol. The molecule has 0 saturated heterocycles. The maximum atomic E-state index is 11.7. The lowest BCUT2D eigenvalue weighted by Gasteiger charge is -2.18. The Morgan fingerprint density at radius 1 is 1.50 bits per heavy atom. The first-order chi connectivity index (χ1) is 7.69. The van der Waals surface area contributed by atoms with Gasteiger partial charge in [0.2, 0.25) is 5.91 Å². The molecule has 0 fully saturated rings. The lowest BCUT2D eigenvalue weighted by Crippen LogP contribution is -2.37. The summed E-state index contributed by atoms with van der Waals surface area (Å²) in [5.41, 5.74) is 1.08. The molecule has 0 aliphatic rings. The molecule has 1 aromatic heterocycles. The fourth-order valence-corrected chi connectivity index (χ4v) is 1.54. The van der Waals surface area contributed by atoms with Crippen LogP contribution in [0.25, 0.3) is 0 Å². The largest absolute Gasteiger partial charge is 0.342 e. The molecule has 1 amide bonds. The molecule has 0 aromatic carbocycles.